The Morgan fingerprint density at radius 1 is 0.947 bits per heavy atom. The van der Waals surface area contributed by atoms with Crippen LogP contribution in [0.3, 0.4) is 0 Å². The molecule has 2 aliphatic rings. The van der Waals surface area contributed by atoms with E-state index in [1.165, 1.54) is 19.3 Å². The SMILES string of the molecule is CCCCCCOc1ccc(C2Oc3c(Br)cc(Br)cc3C3CC(c4ccc(OC)cc4)=NN32)cc1OC. The lowest BCUT2D eigenvalue weighted by atomic mass is 9.96. The van der Waals surface area contributed by atoms with Crippen molar-refractivity contribution in [3.05, 3.63) is 80.2 Å². The van der Waals surface area contributed by atoms with Gasteiger partial charge in [-0.15, -0.1) is 0 Å². The summed E-state index contributed by atoms with van der Waals surface area (Å²) < 4.78 is 25.7. The van der Waals surface area contributed by atoms with Gasteiger partial charge in [0.25, 0.3) is 0 Å². The van der Waals surface area contributed by atoms with E-state index in [1.54, 1.807) is 14.2 Å². The molecule has 6 nitrogen and oxygen atoms in total. The van der Waals surface area contributed by atoms with Crippen LogP contribution in [-0.4, -0.2) is 31.5 Å². The van der Waals surface area contributed by atoms with Crippen LogP contribution in [0.25, 0.3) is 0 Å². The van der Waals surface area contributed by atoms with Crippen molar-refractivity contribution in [2.24, 2.45) is 5.10 Å². The summed E-state index contributed by atoms with van der Waals surface area (Å²) >= 11 is 7.37. The smallest absolute Gasteiger partial charge is 0.214 e. The highest BCUT2D eigenvalue weighted by molar-refractivity contribution is 9.11. The molecule has 0 fully saturated rings. The number of ether oxygens (including phenoxy) is 4. The van der Waals surface area contributed by atoms with Crippen LogP contribution >= 0.6 is 31.9 Å². The minimum absolute atomic E-state index is 0.0233. The summed E-state index contributed by atoms with van der Waals surface area (Å²) in [4.78, 5) is 0. The quantitative estimate of drug-likeness (QED) is 0.208. The van der Waals surface area contributed by atoms with Crippen molar-refractivity contribution in [1.82, 2.24) is 5.01 Å². The van der Waals surface area contributed by atoms with E-state index in [0.29, 0.717) is 12.4 Å². The van der Waals surface area contributed by atoms with Crippen LogP contribution in [0.1, 0.15) is 68.0 Å². The zero-order valence-electron chi connectivity index (χ0n) is 21.9. The molecule has 5 rings (SSSR count). The van der Waals surface area contributed by atoms with Crippen LogP contribution < -0.4 is 18.9 Å². The maximum atomic E-state index is 6.64. The van der Waals surface area contributed by atoms with Crippen LogP contribution in [0.5, 0.6) is 23.0 Å². The van der Waals surface area contributed by atoms with Crippen molar-refractivity contribution in [2.75, 3.05) is 20.8 Å². The molecule has 0 bridgehead atoms. The summed E-state index contributed by atoms with van der Waals surface area (Å²) in [5, 5.41) is 7.16. The van der Waals surface area contributed by atoms with Gasteiger partial charge in [0, 0.05) is 22.0 Å². The van der Waals surface area contributed by atoms with Gasteiger partial charge >= 0.3 is 0 Å². The first-order chi connectivity index (χ1) is 18.5. The predicted octanol–water partition coefficient (Wildman–Crippen LogP) is 8.43. The lowest BCUT2D eigenvalue weighted by molar-refractivity contribution is -0.0198. The lowest BCUT2D eigenvalue weighted by Gasteiger charge is -2.38. The third kappa shape index (κ3) is 5.52. The van der Waals surface area contributed by atoms with Gasteiger partial charge < -0.3 is 18.9 Å². The van der Waals surface area contributed by atoms with Gasteiger partial charge in [-0.1, -0.05) is 42.1 Å². The number of hydrazone groups is 1. The predicted molar refractivity (Wildman–Crippen MR) is 157 cm³/mol. The van der Waals surface area contributed by atoms with Gasteiger partial charge in [0.15, 0.2) is 11.5 Å². The fraction of sp³-hybridized carbons (Fsp3) is 0.367. The van der Waals surface area contributed by atoms with E-state index in [1.807, 2.05) is 36.4 Å². The number of halogens is 2. The van der Waals surface area contributed by atoms with Gasteiger partial charge in [0.1, 0.15) is 11.5 Å². The van der Waals surface area contributed by atoms with Crippen molar-refractivity contribution in [2.45, 2.75) is 51.3 Å². The summed E-state index contributed by atoms with van der Waals surface area (Å²) in [5.41, 5.74) is 4.12. The number of hydrogen-bond donors (Lipinski definition) is 0. The van der Waals surface area contributed by atoms with E-state index in [2.05, 4.69) is 62.0 Å². The number of hydrogen-bond acceptors (Lipinski definition) is 6. The zero-order chi connectivity index (χ0) is 26.6. The molecule has 0 saturated carbocycles. The number of nitrogens with zero attached hydrogens (tertiary/aromatic N) is 2. The molecule has 38 heavy (non-hydrogen) atoms. The standard InChI is InChI=1S/C30H32Br2N2O4/c1-4-5-6-7-14-37-27-13-10-20(15-28(27)36-3)30-34-26(23-16-21(31)17-24(32)29(23)38-30)18-25(33-34)19-8-11-22(35-2)12-9-19/h8-13,15-17,26,30H,4-7,14,18H2,1-3H3. The third-order valence-electron chi connectivity index (χ3n) is 6.96. The maximum Gasteiger partial charge on any atom is 0.214 e. The van der Waals surface area contributed by atoms with Crippen LogP contribution in [0.15, 0.2) is 68.6 Å². The first-order valence-corrected chi connectivity index (χ1v) is 14.6. The topological polar surface area (TPSA) is 52.5 Å². The number of methoxy groups -OCH3 is 2. The molecule has 0 aliphatic carbocycles. The first-order valence-electron chi connectivity index (χ1n) is 13.0. The minimum Gasteiger partial charge on any atom is -0.497 e. The highest BCUT2D eigenvalue weighted by Crippen LogP contribution is 2.51. The number of benzene rings is 3. The zero-order valence-corrected chi connectivity index (χ0v) is 25.0. The van der Waals surface area contributed by atoms with E-state index < -0.39 is 6.23 Å². The second-order valence-corrected chi connectivity index (χ2v) is 11.2. The molecule has 2 aliphatic heterocycles. The highest BCUT2D eigenvalue weighted by Gasteiger charge is 2.42. The molecular formula is C30H32Br2N2O4. The molecule has 3 aromatic carbocycles. The molecular weight excluding hydrogens is 612 g/mol. The Kier molecular flexibility index (Phi) is 8.48. The van der Waals surface area contributed by atoms with Crippen molar-refractivity contribution >= 4 is 37.6 Å². The van der Waals surface area contributed by atoms with Crippen molar-refractivity contribution in [3.63, 3.8) is 0 Å². The lowest BCUT2D eigenvalue weighted by Crippen LogP contribution is -2.34. The average Bonchev–Trinajstić information content (AvgIpc) is 3.39. The van der Waals surface area contributed by atoms with Crippen molar-refractivity contribution in [1.29, 1.82) is 0 Å². The summed E-state index contributed by atoms with van der Waals surface area (Å²) in [6.45, 7) is 2.88. The van der Waals surface area contributed by atoms with Gasteiger partial charge in [-0.05, 0) is 82.5 Å². The molecule has 3 aromatic rings. The number of unbranched alkanes of at least 4 members (excludes halogenated alkanes) is 3. The van der Waals surface area contributed by atoms with Crippen LogP contribution in [0, 0.1) is 0 Å². The summed E-state index contributed by atoms with van der Waals surface area (Å²) in [5.74, 6) is 3.09. The Hall–Kier alpha value is -2.71. The van der Waals surface area contributed by atoms with Gasteiger partial charge in [-0.2, -0.15) is 5.10 Å². The third-order valence-corrected chi connectivity index (χ3v) is 8.01. The fourth-order valence-corrected chi connectivity index (χ4v) is 6.31. The normalized spacial score (nSPS) is 17.8. The first kappa shape index (κ1) is 26.9. The second-order valence-electron chi connectivity index (χ2n) is 9.47. The van der Waals surface area contributed by atoms with Gasteiger partial charge in [0.2, 0.25) is 6.23 Å². The molecule has 8 heteroatoms. The monoisotopic (exact) mass is 642 g/mol. The van der Waals surface area contributed by atoms with Crippen LogP contribution in [0.4, 0.5) is 0 Å². The molecule has 0 N–H and O–H groups in total. The van der Waals surface area contributed by atoms with E-state index in [4.69, 9.17) is 24.0 Å². The Bertz CT molecular complexity index is 1310. The van der Waals surface area contributed by atoms with Crippen molar-refractivity contribution < 1.29 is 18.9 Å². The van der Waals surface area contributed by atoms with Crippen molar-refractivity contribution in [3.8, 4) is 23.0 Å². The van der Waals surface area contributed by atoms with Crippen LogP contribution in [-0.2, 0) is 0 Å². The summed E-state index contributed by atoms with van der Waals surface area (Å²) in [6, 6.07) is 18.2. The highest BCUT2D eigenvalue weighted by atomic mass is 79.9. The number of fused-ring (bicyclic) bond motifs is 3. The molecule has 0 saturated heterocycles. The minimum atomic E-state index is -0.423. The largest absolute Gasteiger partial charge is 0.497 e. The van der Waals surface area contributed by atoms with E-state index in [-0.39, 0.29) is 6.04 Å². The Balaban J connectivity index is 1.48. The molecule has 0 amide bonds. The van der Waals surface area contributed by atoms with Crippen LogP contribution in [0.2, 0.25) is 0 Å². The Morgan fingerprint density at radius 3 is 2.50 bits per heavy atom. The van der Waals surface area contributed by atoms with Gasteiger partial charge in [-0.25, -0.2) is 5.01 Å². The maximum absolute atomic E-state index is 6.64. The molecule has 2 unspecified atom stereocenters. The van der Waals surface area contributed by atoms with Gasteiger partial charge in [-0.3, -0.25) is 0 Å². The molecule has 200 valence electrons. The molecule has 0 aromatic heterocycles. The second kappa shape index (κ2) is 12.0. The Labute approximate surface area is 241 Å². The Morgan fingerprint density at radius 2 is 1.76 bits per heavy atom. The molecule has 0 spiro atoms. The number of rotatable bonds is 10. The fourth-order valence-electron chi connectivity index (χ4n) is 4.96. The van der Waals surface area contributed by atoms with E-state index in [0.717, 1.165) is 61.4 Å². The average molecular weight is 644 g/mol. The van der Waals surface area contributed by atoms with Gasteiger partial charge in [0.05, 0.1) is 37.1 Å². The molecule has 0 radical (unpaired) electrons. The summed E-state index contributed by atoms with van der Waals surface area (Å²) in [7, 11) is 3.35. The molecule has 2 atom stereocenters. The van der Waals surface area contributed by atoms with E-state index in [9.17, 15) is 0 Å². The van der Waals surface area contributed by atoms with E-state index >= 15 is 0 Å². The summed E-state index contributed by atoms with van der Waals surface area (Å²) in [6.07, 6.45) is 4.97. The molecule has 2 heterocycles.